The molecule has 3 rings (SSSR count). The van der Waals surface area contributed by atoms with Crippen molar-refractivity contribution in [2.75, 3.05) is 26.4 Å². The van der Waals surface area contributed by atoms with Crippen molar-refractivity contribution in [2.45, 2.75) is 111 Å². The average molecular weight is 630 g/mol. The second kappa shape index (κ2) is 15.8. The molecule has 0 radical (unpaired) electrons. The van der Waals surface area contributed by atoms with Crippen LogP contribution < -0.4 is 5.32 Å². The number of nitrogens with one attached hydrogen (secondary N) is 1. The highest BCUT2D eigenvalue weighted by molar-refractivity contribution is 5.79. The number of rotatable bonds is 13. The lowest BCUT2D eigenvalue weighted by Gasteiger charge is -2.48. The van der Waals surface area contributed by atoms with E-state index in [2.05, 4.69) is 5.32 Å². The summed E-state index contributed by atoms with van der Waals surface area (Å²) in [4.78, 5) is 11.7. The fourth-order valence-electron chi connectivity index (χ4n) is 5.28. The van der Waals surface area contributed by atoms with E-state index in [1.165, 1.54) is 13.0 Å². The first kappa shape index (κ1) is 36.2. The molecule has 0 aromatic heterocycles. The molecule has 2 saturated heterocycles. The van der Waals surface area contributed by atoms with Gasteiger partial charge < -0.3 is 85.5 Å². The number of hydrogen-bond acceptors (Lipinski definition) is 18. The third kappa shape index (κ3) is 8.12. The minimum Gasteiger partial charge on any atom is -0.394 e. The lowest BCUT2D eigenvalue weighted by atomic mass is 9.86. The zero-order chi connectivity index (χ0) is 32.2. The SMILES string of the molecule is C[C@H]1O[C@H](O[C@H]2[C@H](O)[C@@H](O)[C@@H](OC(CC(=O)CO)[C@H](O)CO)O[C@@H]2CO)[C@H](O)[C@@H](O)[C@@H]1N[C@H]1C=C(CO)[C@H](O)[C@H](O)[C@H]1O. The van der Waals surface area contributed by atoms with Crippen molar-refractivity contribution in [1.82, 2.24) is 5.32 Å². The molecule has 1 unspecified atom stereocenters. The van der Waals surface area contributed by atoms with Gasteiger partial charge in [-0.2, -0.15) is 0 Å². The quantitative estimate of drug-likeness (QED) is 0.0841. The first-order valence-corrected chi connectivity index (χ1v) is 13.8. The number of carbonyl (C=O) groups excluding carboxylic acids is 1. The number of ether oxygens (including phenoxy) is 4. The maximum absolute atomic E-state index is 11.7. The van der Waals surface area contributed by atoms with E-state index in [1.807, 2.05) is 0 Å². The van der Waals surface area contributed by atoms with Crippen molar-refractivity contribution in [3.63, 3.8) is 0 Å². The number of aliphatic hydroxyl groups excluding tert-OH is 12. The van der Waals surface area contributed by atoms with Crippen LogP contribution >= 0.6 is 0 Å². The molecule has 250 valence electrons. The molecule has 0 aromatic carbocycles. The Hall–Kier alpha value is -1.27. The molecule has 43 heavy (non-hydrogen) atoms. The predicted molar refractivity (Wildman–Crippen MR) is 138 cm³/mol. The summed E-state index contributed by atoms with van der Waals surface area (Å²) >= 11 is 0. The molecular weight excluding hydrogens is 586 g/mol. The van der Waals surface area contributed by atoms with Crippen LogP contribution in [0.2, 0.25) is 0 Å². The van der Waals surface area contributed by atoms with E-state index in [1.54, 1.807) is 0 Å². The van der Waals surface area contributed by atoms with Gasteiger partial charge in [0, 0.05) is 6.42 Å². The van der Waals surface area contributed by atoms with Crippen molar-refractivity contribution < 1.29 is 85.0 Å². The molecule has 18 nitrogen and oxygen atoms in total. The second-order valence-electron chi connectivity index (χ2n) is 10.9. The van der Waals surface area contributed by atoms with Crippen LogP contribution in [0.5, 0.6) is 0 Å². The molecule has 13 N–H and O–H groups in total. The van der Waals surface area contributed by atoms with Crippen LogP contribution in [0.15, 0.2) is 11.6 Å². The van der Waals surface area contributed by atoms with Gasteiger partial charge in [0.05, 0.1) is 44.1 Å². The number of Topliss-reactive ketones (excluding diaryl/α,β-unsaturated/α-hetero) is 1. The van der Waals surface area contributed by atoms with Crippen LogP contribution in [-0.4, -0.2) is 191 Å². The minimum absolute atomic E-state index is 0.0234. The van der Waals surface area contributed by atoms with Crippen LogP contribution in [0.1, 0.15) is 13.3 Å². The maximum atomic E-state index is 11.7. The van der Waals surface area contributed by atoms with Gasteiger partial charge in [0.2, 0.25) is 0 Å². The zero-order valence-electron chi connectivity index (χ0n) is 23.3. The topological polar surface area (TPSA) is 309 Å². The van der Waals surface area contributed by atoms with Crippen LogP contribution in [0.25, 0.3) is 0 Å². The third-order valence-corrected chi connectivity index (χ3v) is 7.88. The molecular formula is C25H43NO17. The number of ketones is 1. The first-order valence-electron chi connectivity index (χ1n) is 13.8. The summed E-state index contributed by atoms with van der Waals surface area (Å²) in [5.74, 6) is -0.760. The minimum atomic E-state index is -1.91. The molecule has 2 fully saturated rings. The van der Waals surface area contributed by atoms with Crippen LogP contribution in [-0.2, 0) is 23.7 Å². The number of aliphatic hydroxyl groups is 12. The van der Waals surface area contributed by atoms with E-state index < -0.39 is 137 Å². The van der Waals surface area contributed by atoms with E-state index in [-0.39, 0.29) is 5.57 Å². The molecule has 1 aliphatic carbocycles. The normalized spacial score (nSPS) is 43.6. The molecule has 0 spiro atoms. The molecule has 0 saturated carbocycles. The maximum Gasteiger partial charge on any atom is 0.187 e. The molecule has 0 bridgehead atoms. The Morgan fingerprint density at radius 1 is 0.907 bits per heavy atom. The Balaban J connectivity index is 1.69. The van der Waals surface area contributed by atoms with Gasteiger partial charge in [-0.3, -0.25) is 4.79 Å². The van der Waals surface area contributed by atoms with E-state index in [0.717, 1.165) is 0 Å². The molecule has 0 aromatic rings. The average Bonchev–Trinajstić information content (AvgIpc) is 3.00. The Morgan fingerprint density at radius 3 is 2.14 bits per heavy atom. The smallest absolute Gasteiger partial charge is 0.187 e. The van der Waals surface area contributed by atoms with Crippen molar-refractivity contribution in [3.05, 3.63) is 11.6 Å². The van der Waals surface area contributed by atoms with Gasteiger partial charge >= 0.3 is 0 Å². The summed E-state index contributed by atoms with van der Waals surface area (Å²) in [7, 11) is 0. The lowest BCUT2D eigenvalue weighted by Crippen LogP contribution is -2.68. The van der Waals surface area contributed by atoms with Gasteiger partial charge in [0.25, 0.3) is 0 Å². The molecule has 18 heteroatoms. The Morgan fingerprint density at radius 2 is 1.56 bits per heavy atom. The summed E-state index contributed by atoms with van der Waals surface area (Å²) in [6, 6.07) is -2.16. The molecule has 0 amide bonds. The summed E-state index contributed by atoms with van der Waals surface area (Å²) in [6.45, 7) is -1.70. The monoisotopic (exact) mass is 629 g/mol. The second-order valence-corrected chi connectivity index (χ2v) is 10.9. The highest BCUT2D eigenvalue weighted by Gasteiger charge is 2.51. The van der Waals surface area contributed by atoms with Gasteiger partial charge in [0.1, 0.15) is 67.6 Å². The van der Waals surface area contributed by atoms with Crippen molar-refractivity contribution in [3.8, 4) is 0 Å². The Bertz CT molecular complexity index is 924. The van der Waals surface area contributed by atoms with Crippen molar-refractivity contribution in [2.24, 2.45) is 0 Å². The van der Waals surface area contributed by atoms with E-state index in [4.69, 9.17) is 24.1 Å². The lowest BCUT2D eigenvalue weighted by molar-refractivity contribution is -0.357. The number of carbonyl (C=O) groups is 1. The summed E-state index contributed by atoms with van der Waals surface area (Å²) < 4.78 is 22.2. The van der Waals surface area contributed by atoms with E-state index in [9.17, 15) is 61.0 Å². The Labute approximate surface area is 245 Å². The Kier molecular flexibility index (Phi) is 13.3. The third-order valence-electron chi connectivity index (χ3n) is 7.88. The van der Waals surface area contributed by atoms with Gasteiger partial charge in [-0.25, -0.2) is 0 Å². The highest BCUT2D eigenvalue weighted by atomic mass is 16.7. The molecule has 3 aliphatic rings. The highest BCUT2D eigenvalue weighted by Crippen LogP contribution is 2.31. The summed E-state index contributed by atoms with van der Waals surface area (Å²) in [5, 5.41) is 124. The van der Waals surface area contributed by atoms with Crippen LogP contribution in [0.3, 0.4) is 0 Å². The molecule has 16 atom stereocenters. The largest absolute Gasteiger partial charge is 0.394 e. The molecule has 2 heterocycles. The van der Waals surface area contributed by atoms with Gasteiger partial charge in [-0.1, -0.05) is 6.08 Å². The van der Waals surface area contributed by atoms with Crippen molar-refractivity contribution >= 4 is 5.78 Å². The van der Waals surface area contributed by atoms with Gasteiger partial charge in [-0.05, 0) is 12.5 Å². The van der Waals surface area contributed by atoms with Crippen LogP contribution in [0.4, 0.5) is 0 Å². The van der Waals surface area contributed by atoms with E-state index >= 15 is 0 Å². The van der Waals surface area contributed by atoms with Crippen LogP contribution in [0, 0.1) is 0 Å². The zero-order valence-corrected chi connectivity index (χ0v) is 23.3. The molecule has 2 aliphatic heterocycles. The van der Waals surface area contributed by atoms with E-state index in [0.29, 0.717) is 0 Å². The fraction of sp³-hybridized carbons (Fsp3) is 0.880. The summed E-state index contributed by atoms with van der Waals surface area (Å²) in [5.41, 5.74) is 0.0234. The standard InChI is InChI=1S/C25H43NO17/c1-8-15(26-11-2-9(4-27)16(33)19(36)17(11)34)18(35)21(38)24(40-8)43-23-14(7-30)42-25(22(39)20(23)37)41-13(12(32)6-29)3-10(31)5-28/h2,8,11-30,32-39H,3-7H2,1H3/t8-,11+,12-,13?,14-,15-,16+,17+,18+,19+,20-,21-,22-,23-,24-,25+/m1/s1. The fourth-order valence-corrected chi connectivity index (χ4v) is 5.28. The number of hydrogen-bond donors (Lipinski definition) is 13. The van der Waals surface area contributed by atoms with Gasteiger partial charge in [0.15, 0.2) is 18.4 Å². The van der Waals surface area contributed by atoms with Gasteiger partial charge in [-0.15, -0.1) is 0 Å². The predicted octanol–water partition coefficient (Wildman–Crippen LogP) is -7.69. The van der Waals surface area contributed by atoms with Crippen molar-refractivity contribution in [1.29, 1.82) is 0 Å². The summed E-state index contributed by atoms with van der Waals surface area (Å²) in [6.07, 6.45) is -21.7. The first-order chi connectivity index (χ1) is 20.3.